The van der Waals surface area contributed by atoms with Crippen molar-refractivity contribution in [3.8, 4) is 0 Å². The van der Waals surface area contributed by atoms with Gasteiger partial charge in [0.2, 0.25) is 0 Å². The lowest BCUT2D eigenvalue weighted by Crippen LogP contribution is -2.38. The molecule has 0 aliphatic rings. The highest BCUT2D eigenvalue weighted by molar-refractivity contribution is 5.93. The smallest absolute Gasteiger partial charge is 0.323 e. The molecule has 0 saturated heterocycles. The molecule has 0 fully saturated rings. The average molecular weight is 255 g/mol. The molecule has 8 nitrogen and oxygen atoms in total. The first-order chi connectivity index (χ1) is 8.54. The highest BCUT2D eigenvalue weighted by Crippen LogP contribution is 1.99. The van der Waals surface area contributed by atoms with Crippen LogP contribution >= 0.6 is 0 Å². The van der Waals surface area contributed by atoms with Crippen molar-refractivity contribution in [2.45, 2.75) is 0 Å². The zero-order valence-electron chi connectivity index (χ0n) is 9.75. The summed E-state index contributed by atoms with van der Waals surface area (Å²) in [5.41, 5.74) is -0.458. The number of amides is 1. The van der Waals surface area contributed by atoms with Gasteiger partial charge in [-0.2, -0.15) is 5.10 Å². The normalized spacial score (nSPS) is 10.1. The van der Waals surface area contributed by atoms with Crippen molar-refractivity contribution in [1.29, 1.82) is 0 Å². The topological polar surface area (TPSA) is 113 Å². The van der Waals surface area contributed by atoms with Gasteiger partial charge >= 0.3 is 5.97 Å². The fraction of sp³-hybridized carbons (Fsp3) is 0.400. The lowest BCUT2D eigenvalue weighted by molar-refractivity contribution is -0.137. The Balaban J connectivity index is 2.83. The van der Waals surface area contributed by atoms with Crippen LogP contribution in [0, 0.1) is 0 Å². The van der Waals surface area contributed by atoms with Gasteiger partial charge < -0.3 is 14.7 Å². The molecule has 98 valence electrons. The first-order valence-electron chi connectivity index (χ1n) is 5.10. The van der Waals surface area contributed by atoms with Gasteiger partial charge in [-0.05, 0) is 6.07 Å². The Labute approximate surface area is 102 Å². The standard InChI is InChI=1S/C10H13N3O5/c1-18-5-4-13(6-9(15)16)10(17)7-2-3-8(14)12-11-7/h2-3H,4-6H2,1H3,(H,12,14)(H,15,16). The van der Waals surface area contributed by atoms with E-state index in [9.17, 15) is 14.4 Å². The van der Waals surface area contributed by atoms with Crippen molar-refractivity contribution in [3.05, 3.63) is 28.2 Å². The number of aliphatic carboxylic acids is 1. The molecule has 1 heterocycles. The van der Waals surface area contributed by atoms with E-state index in [2.05, 4.69) is 10.2 Å². The molecular formula is C10H13N3O5. The number of H-pyrrole nitrogens is 1. The molecule has 1 rings (SSSR count). The number of ether oxygens (including phenoxy) is 1. The molecule has 0 radical (unpaired) electrons. The number of aromatic amines is 1. The minimum atomic E-state index is -1.14. The van der Waals surface area contributed by atoms with Gasteiger partial charge in [-0.25, -0.2) is 5.10 Å². The lowest BCUT2D eigenvalue weighted by atomic mass is 10.3. The Morgan fingerprint density at radius 2 is 2.22 bits per heavy atom. The maximum absolute atomic E-state index is 11.9. The molecule has 1 aromatic heterocycles. The van der Waals surface area contributed by atoms with E-state index < -0.39 is 24.0 Å². The Morgan fingerprint density at radius 3 is 2.72 bits per heavy atom. The van der Waals surface area contributed by atoms with Crippen LogP contribution in [0.3, 0.4) is 0 Å². The summed E-state index contributed by atoms with van der Waals surface area (Å²) < 4.78 is 4.79. The number of nitrogens with zero attached hydrogens (tertiary/aromatic N) is 2. The van der Waals surface area contributed by atoms with E-state index in [1.807, 2.05) is 0 Å². The summed E-state index contributed by atoms with van der Waals surface area (Å²) >= 11 is 0. The van der Waals surface area contributed by atoms with Crippen LogP contribution in [0.15, 0.2) is 16.9 Å². The van der Waals surface area contributed by atoms with Crippen molar-refractivity contribution < 1.29 is 19.4 Å². The van der Waals surface area contributed by atoms with E-state index in [-0.39, 0.29) is 18.8 Å². The fourth-order valence-corrected chi connectivity index (χ4v) is 1.24. The monoisotopic (exact) mass is 255 g/mol. The van der Waals surface area contributed by atoms with Crippen molar-refractivity contribution in [3.63, 3.8) is 0 Å². The number of nitrogens with one attached hydrogen (secondary N) is 1. The lowest BCUT2D eigenvalue weighted by Gasteiger charge is -2.19. The largest absolute Gasteiger partial charge is 0.480 e. The summed E-state index contributed by atoms with van der Waals surface area (Å²) in [6.45, 7) is -0.117. The van der Waals surface area contributed by atoms with Crippen molar-refractivity contribution >= 4 is 11.9 Å². The maximum Gasteiger partial charge on any atom is 0.323 e. The van der Waals surface area contributed by atoms with Gasteiger partial charge in [-0.1, -0.05) is 0 Å². The molecule has 1 amide bonds. The summed E-state index contributed by atoms with van der Waals surface area (Å²) in [5, 5.41) is 14.4. The third-order valence-corrected chi connectivity index (χ3v) is 2.08. The molecule has 0 bridgehead atoms. The van der Waals surface area contributed by atoms with Crippen LogP contribution in [0.4, 0.5) is 0 Å². The predicted octanol–water partition coefficient (Wildman–Crippen LogP) is -1.06. The minimum Gasteiger partial charge on any atom is -0.480 e. The van der Waals surface area contributed by atoms with E-state index in [1.165, 1.54) is 13.2 Å². The van der Waals surface area contributed by atoms with Gasteiger partial charge in [0.25, 0.3) is 11.5 Å². The molecule has 0 aromatic carbocycles. The van der Waals surface area contributed by atoms with Gasteiger partial charge in [0.1, 0.15) is 12.2 Å². The number of hydrogen-bond donors (Lipinski definition) is 2. The van der Waals surface area contributed by atoms with Crippen LogP contribution in [-0.4, -0.2) is 58.9 Å². The number of methoxy groups -OCH3 is 1. The number of carboxylic acids is 1. The first kappa shape index (κ1) is 13.8. The van der Waals surface area contributed by atoms with Crippen LogP contribution in [0.25, 0.3) is 0 Å². The Kier molecular flexibility index (Phi) is 5.00. The Bertz CT molecular complexity index is 464. The molecule has 0 aliphatic heterocycles. The number of rotatable bonds is 6. The number of carbonyl (C=O) groups is 2. The van der Waals surface area contributed by atoms with Gasteiger partial charge in [0, 0.05) is 19.7 Å². The van der Waals surface area contributed by atoms with Crippen LogP contribution in [0.1, 0.15) is 10.5 Å². The second kappa shape index (κ2) is 6.50. The number of hydrogen-bond acceptors (Lipinski definition) is 5. The Morgan fingerprint density at radius 1 is 1.50 bits per heavy atom. The highest BCUT2D eigenvalue weighted by Gasteiger charge is 2.19. The molecule has 0 atom stereocenters. The third-order valence-electron chi connectivity index (χ3n) is 2.08. The first-order valence-corrected chi connectivity index (χ1v) is 5.10. The van der Waals surface area contributed by atoms with Gasteiger partial charge in [-0.15, -0.1) is 0 Å². The molecule has 2 N–H and O–H groups in total. The van der Waals surface area contributed by atoms with Crippen molar-refractivity contribution in [1.82, 2.24) is 15.1 Å². The predicted molar refractivity (Wildman–Crippen MR) is 60.3 cm³/mol. The van der Waals surface area contributed by atoms with Gasteiger partial charge in [-0.3, -0.25) is 14.4 Å². The second-order valence-corrected chi connectivity index (χ2v) is 3.42. The van der Waals surface area contributed by atoms with Crippen molar-refractivity contribution in [2.75, 3.05) is 26.8 Å². The van der Waals surface area contributed by atoms with E-state index in [0.717, 1.165) is 11.0 Å². The minimum absolute atomic E-state index is 0.0213. The Hall–Kier alpha value is -2.22. The summed E-state index contributed by atoms with van der Waals surface area (Å²) in [6, 6.07) is 2.39. The summed E-state index contributed by atoms with van der Waals surface area (Å²) in [7, 11) is 1.45. The van der Waals surface area contributed by atoms with E-state index in [1.54, 1.807) is 0 Å². The summed E-state index contributed by atoms with van der Waals surface area (Å²) in [6.07, 6.45) is 0. The van der Waals surface area contributed by atoms with Gasteiger partial charge in [0.15, 0.2) is 0 Å². The molecule has 0 saturated carbocycles. The quantitative estimate of drug-likeness (QED) is 0.670. The molecule has 0 aliphatic carbocycles. The van der Waals surface area contributed by atoms with E-state index in [4.69, 9.17) is 9.84 Å². The van der Waals surface area contributed by atoms with Crippen molar-refractivity contribution in [2.24, 2.45) is 0 Å². The molecule has 1 aromatic rings. The fourth-order valence-electron chi connectivity index (χ4n) is 1.24. The summed E-state index contributed by atoms with van der Waals surface area (Å²) in [5.74, 6) is -1.71. The zero-order chi connectivity index (χ0) is 13.5. The zero-order valence-corrected chi connectivity index (χ0v) is 9.75. The van der Waals surface area contributed by atoms with Crippen LogP contribution in [0.2, 0.25) is 0 Å². The average Bonchev–Trinajstić information content (AvgIpc) is 2.34. The highest BCUT2D eigenvalue weighted by atomic mass is 16.5. The second-order valence-electron chi connectivity index (χ2n) is 3.42. The van der Waals surface area contributed by atoms with E-state index >= 15 is 0 Å². The van der Waals surface area contributed by atoms with Crippen LogP contribution in [-0.2, 0) is 9.53 Å². The third kappa shape index (κ3) is 3.98. The summed E-state index contributed by atoms with van der Waals surface area (Å²) in [4.78, 5) is 34.5. The molecule has 18 heavy (non-hydrogen) atoms. The number of carboxylic acid groups (broad SMARTS) is 1. The molecule has 0 unspecified atom stereocenters. The van der Waals surface area contributed by atoms with E-state index in [0.29, 0.717) is 0 Å². The van der Waals surface area contributed by atoms with Crippen LogP contribution < -0.4 is 5.56 Å². The van der Waals surface area contributed by atoms with Gasteiger partial charge in [0.05, 0.1) is 6.61 Å². The van der Waals surface area contributed by atoms with Crippen LogP contribution in [0.5, 0.6) is 0 Å². The molecule has 0 spiro atoms. The molecular weight excluding hydrogens is 242 g/mol. The SMILES string of the molecule is COCCN(CC(=O)O)C(=O)c1ccc(=O)[nH]n1. The number of carbonyl (C=O) groups excluding carboxylic acids is 1. The maximum atomic E-state index is 11.9. The number of aromatic nitrogens is 2. The molecule has 8 heteroatoms.